The number of benzene rings is 1. The van der Waals surface area contributed by atoms with E-state index in [2.05, 4.69) is 0 Å². The highest BCUT2D eigenvalue weighted by Gasteiger charge is 2.31. The summed E-state index contributed by atoms with van der Waals surface area (Å²) in [6, 6.07) is 3.86. The van der Waals surface area contributed by atoms with Crippen molar-refractivity contribution >= 4 is 5.78 Å². The average molecular weight is 206 g/mol. The fourth-order valence-corrected chi connectivity index (χ4v) is 2.00. The van der Waals surface area contributed by atoms with Crippen LogP contribution in [0.2, 0.25) is 0 Å². The van der Waals surface area contributed by atoms with Crippen LogP contribution in [0, 0.1) is 0 Å². The van der Waals surface area contributed by atoms with Crippen LogP contribution in [-0.4, -0.2) is 20.0 Å². The highest BCUT2D eigenvalue weighted by atomic mass is 16.5. The summed E-state index contributed by atoms with van der Waals surface area (Å²) in [6.07, 6.45) is 0.824. The van der Waals surface area contributed by atoms with Crippen molar-refractivity contribution in [2.24, 2.45) is 0 Å². The SMILES string of the molecule is COc1cc2c(cc1OC)[C@H](C(C)=O)C2. The van der Waals surface area contributed by atoms with E-state index in [9.17, 15) is 4.79 Å². The number of rotatable bonds is 3. The zero-order valence-electron chi connectivity index (χ0n) is 9.16. The van der Waals surface area contributed by atoms with Crippen molar-refractivity contribution in [3.63, 3.8) is 0 Å². The number of carbonyl (C=O) groups is 1. The lowest BCUT2D eigenvalue weighted by atomic mass is 9.75. The first kappa shape index (κ1) is 10.0. The van der Waals surface area contributed by atoms with Gasteiger partial charge in [0.05, 0.1) is 14.2 Å². The van der Waals surface area contributed by atoms with Crippen LogP contribution in [-0.2, 0) is 11.2 Å². The Labute approximate surface area is 89.0 Å². The maximum absolute atomic E-state index is 11.3. The third-order valence-electron chi connectivity index (χ3n) is 2.94. The van der Waals surface area contributed by atoms with Gasteiger partial charge in [0.1, 0.15) is 5.78 Å². The molecule has 80 valence electrons. The van der Waals surface area contributed by atoms with Gasteiger partial charge >= 0.3 is 0 Å². The minimum absolute atomic E-state index is 0.0554. The van der Waals surface area contributed by atoms with Gasteiger partial charge < -0.3 is 9.47 Å². The Hall–Kier alpha value is -1.51. The number of methoxy groups -OCH3 is 2. The molecule has 3 heteroatoms. The maximum atomic E-state index is 11.3. The molecular formula is C12H14O3. The molecule has 0 radical (unpaired) electrons. The van der Waals surface area contributed by atoms with Crippen molar-refractivity contribution < 1.29 is 14.3 Å². The molecule has 0 unspecified atom stereocenters. The van der Waals surface area contributed by atoms with Crippen LogP contribution in [0.1, 0.15) is 24.0 Å². The molecule has 1 atom stereocenters. The first-order valence-corrected chi connectivity index (χ1v) is 4.92. The van der Waals surface area contributed by atoms with Crippen molar-refractivity contribution in [1.29, 1.82) is 0 Å². The van der Waals surface area contributed by atoms with E-state index < -0.39 is 0 Å². The predicted molar refractivity (Wildman–Crippen MR) is 56.7 cm³/mol. The number of fused-ring (bicyclic) bond motifs is 1. The second kappa shape index (κ2) is 3.57. The molecule has 0 fully saturated rings. The van der Waals surface area contributed by atoms with Crippen LogP contribution in [0.15, 0.2) is 12.1 Å². The Morgan fingerprint density at radius 2 is 1.87 bits per heavy atom. The average Bonchev–Trinajstić information content (AvgIpc) is 2.19. The number of hydrogen-bond donors (Lipinski definition) is 0. The lowest BCUT2D eigenvalue weighted by molar-refractivity contribution is -0.118. The summed E-state index contributed by atoms with van der Waals surface area (Å²) in [5.74, 6) is 1.70. The quantitative estimate of drug-likeness (QED) is 0.758. The standard InChI is InChI=1S/C12H14O3/c1-7(13)9-4-8-5-11(14-2)12(15-3)6-10(8)9/h5-6,9H,4H2,1-3H3/t9-/m0/s1. The van der Waals surface area contributed by atoms with Crippen molar-refractivity contribution in [3.05, 3.63) is 23.3 Å². The molecule has 0 spiro atoms. The van der Waals surface area contributed by atoms with Gasteiger partial charge in [-0.3, -0.25) is 4.79 Å². The molecule has 1 aromatic carbocycles. The van der Waals surface area contributed by atoms with Crippen LogP contribution in [0.3, 0.4) is 0 Å². The van der Waals surface area contributed by atoms with Crippen LogP contribution in [0.4, 0.5) is 0 Å². The number of ketones is 1. The van der Waals surface area contributed by atoms with E-state index in [1.54, 1.807) is 21.1 Å². The summed E-state index contributed by atoms with van der Waals surface area (Å²) in [4.78, 5) is 11.3. The summed E-state index contributed by atoms with van der Waals surface area (Å²) in [5, 5.41) is 0. The first-order chi connectivity index (χ1) is 7.17. The molecule has 1 aliphatic carbocycles. The van der Waals surface area contributed by atoms with Gasteiger partial charge in [-0.1, -0.05) is 0 Å². The van der Waals surface area contributed by atoms with E-state index in [1.807, 2.05) is 12.1 Å². The molecule has 2 rings (SSSR count). The summed E-state index contributed by atoms with van der Waals surface area (Å²) in [7, 11) is 3.22. The molecule has 0 saturated carbocycles. The lowest BCUT2D eigenvalue weighted by Gasteiger charge is -2.29. The molecule has 0 heterocycles. The number of carbonyl (C=O) groups excluding carboxylic acids is 1. The molecule has 1 aliphatic rings. The molecule has 0 N–H and O–H groups in total. The maximum Gasteiger partial charge on any atom is 0.161 e. The van der Waals surface area contributed by atoms with Gasteiger partial charge in [0.15, 0.2) is 11.5 Å². The van der Waals surface area contributed by atoms with Crippen molar-refractivity contribution in [2.45, 2.75) is 19.3 Å². The molecular weight excluding hydrogens is 192 g/mol. The van der Waals surface area contributed by atoms with Gasteiger partial charge in [-0.05, 0) is 36.6 Å². The molecule has 3 nitrogen and oxygen atoms in total. The molecule has 0 saturated heterocycles. The Morgan fingerprint density at radius 1 is 1.27 bits per heavy atom. The lowest BCUT2D eigenvalue weighted by Crippen LogP contribution is -2.23. The largest absolute Gasteiger partial charge is 0.493 e. The fourth-order valence-electron chi connectivity index (χ4n) is 2.00. The van der Waals surface area contributed by atoms with Gasteiger partial charge in [-0.2, -0.15) is 0 Å². The third kappa shape index (κ3) is 1.48. The van der Waals surface area contributed by atoms with Crippen molar-refractivity contribution in [3.8, 4) is 11.5 Å². The zero-order chi connectivity index (χ0) is 11.0. The molecule has 1 aromatic rings. The van der Waals surface area contributed by atoms with Gasteiger partial charge in [0, 0.05) is 5.92 Å². The van der Waals surface area contributed by atoms with Gasteiger partial charge in [-0.15, -0.1) is 0 Å². The molecule has 0 aromatic heterocycles. The number of hydrogen-bond acceptors (Lipinski definition) is 3. The fraction of sp³-hybridized carbons (Fsp3) is 0.417. The van der Waals surface area contributed by atoms with Gasteiger partial charge in [-0.25, -0.2) is 0 Å². The van der Waals surface area contributed by atoms with Crippen LogP contribution >= 0.6 is 0 Å². The first-order valence-electron chi connectivity index (χ1n) is 4.92. The third-order valence-corrected chi connectivity index (χ3v) is 2.94. The second-order valence-electron chi connectivity index (χ2n) is 3.77. The second-order valence-corrected chi connectivity index (χ2v) is 3.77. The van der Waals surface area contributed by atoms with Crippen LogP contribution in [0.25, 0.3) is 0 Å². The van der Waals surface area contributed by atoms with Crippen LogP contribution in [0.5, 0.6) is 11.5 Å². The van der Waals surface area contributed by atoms with Gasteiger partial charge in [0.2, 0.25) is 0 Å². The van der Waals surface area contributed by atoms with Gasteiger partial charge in [0.25, 0.3) is 0 Å². The van der Waals surface area contributed by atoms with Crippen LogP contribution < -0.4 is 9.47 Å². The van der Waals surface area contributed by atoms with E-state index in [-0.39, 0.29) is 11.7 Å². The molecule has 0 bridgehead atoms. The normalized spacial score (nSPS) is 17.7. The molecule has 0 amide bonds. The number of ether oxygens (including phenoxy) is 2. The Balaban J connectivity index is 2.41. The smallest absolute Gasteiger partial charge is 0.161 e. The molecule has 15 heavy (non-hydrogen) atoms. The van der Waals surface area contributed by atoms with E-state index in [0.29, 0.717) is 5.75 Å². The predicted octanol–water partition coefficient (Wildman–Crippen LogP) is 1.93. The molecule has 0 aliphatic heterocycles. The minimum Gasteiger partial charge on any atom is -0.493 e. The van der Waals surface area contributed by atoms with E-state index in [4.69, 9.17) is 9.47 Å². The van der Waals surface area contributed by atoms with E-state index >= 15 is 0 Å². The topological polar surface area (TPSA) is 35.5 Å². The highest BCUT2D eigenvalue weighted by Crippen LogP contribution is 2.42. The minimum atomic E-state index is 0.0554. The van der Waals surface area contributed by atoms with Crippen molar-refractivity contribution in [1.82, 2.24) is 0 Å². The summed E-state index contributed by atoms with van der Waals surface area (Å²) < 4.78 is 10.4. The Bertz CT molecular complexity index is 410. The van der Waals surface area contributed by atoms with E-state index in [0.717, 1.165) is 17.7 Å². The monoisotopic (exact) mass is 206 g/mol. The number of Topliss-reactive ketones (excluding diaryl/α,β-unsaturated/α-hetero) is 1. The summed E-state index contributed by atoms with van der Waals surface area (Å²) >= 11 is 0. The Morgan fingerprint density at radius 3 is 2.40 bits per heavy atom. The van der Waals surface area contributed by atoms with E-state index in [1.165, 1.54) is 5.56 Å². The Kier molecular flexibility index (Phi) is 2.39. The highest BCUT2D eigenvalue weighted by molar-refractivity contribution is 5.87. The summed E-state index contributed by atoms with van der Waals surface area (Å²) in [5.41, 5.74) is 2.27. The summed E-state index contributed by atoms with van der Waals surface area (Å²) in [6.45, 7) is 1.63. The zero-order valence-corrected chi connectivity index (χ0v) is 9.16. The van der Waals surface area contributed by atoms with Crippen molar-refractivity contribution in [2.75, 3.05) is 14.2 Å².